The molecule has 0 radical (unpaired) electrons. The smallest absolute Gasteiger partial charge is 0.809 e. The summed E-state index contributed by atoms with van der Waals surface area (Å²) in [5.41, 5.74) is -6.16. The molecule has 0 fully saturated rings. The molecule has 0 aromatic rings. The van der Waals surface area contributed by atoms with Crippen molar-refractivity contribution >= 4 is 53.6 Å². The van der Waals surface area contributed by atoms with Gasteiger partial charge in [-0.3, -0.25) is 0 Å². The number of halogens is 2. The van der Waals surface area contributed by atoms with Gasteiger partial charge in [-0.15, -0.1) is 0 Å². The summed E-state index contributed by atoms with van der Waals surface area (Å²) in [7, 11) is -21.5. The summed E-state index contributed by atoms with van der Waals surface area (Å²) in [6.45, 7) is 0. The number of alkyl halides is 2. The van der Waals surface area contributed by atoms with E-state index in [1.54, 1.807) is 0 Å². The first-order valence-electron chi connectivity index (χ1n) is 4.85. The second kappa shape index (κ2) is 12.4. The Bertz CT molecular complexity index is 523. The Balaban J connectivity index is -0.000000372. The van der Waals surface area contributed by atoms with Crippen LogP contribution in [0.15, 0.2) is 0 Å². The van der Waals surface area contributed by atoms with Crippen LogP contribution in [0.2, 0.25) is 0 Å². The van der Waals surface area contributed by atoms with E-state index in [1.165, 1.54) is 0 Å². The number of hydrogen-bond donors (Lipinski definition) is 2. The Morgan fingerprint density at radius 2 is 0.920 bits per heavy atom. The average molecular weight is 659 g/mol. The zero-order valence-corrected chi connectivity index (χ0v) is 19.3. The van der Waals surface area contributed by atoms with Crippen molar-refractivity contribution in [1.29, 1.82) is 0 Å². The van der Waals surface area contributed by atoms with Crippen molar-refractivity contribution in [3.05, 3.63) is 0 Å². The van der Waals surface area contributed by atoms with Crippen LogP contribution >= 0.6 is 53.6 Å². The SMILES string of the molecule is O=P([O-])([O-])C(O)P(=O)([O-])OCCl.O=P([O-])([O-])C(O)P(=O)([O-])OCCl.[W+6]. The Labute approximate surface area is 164 Å². The molecule has 148 valence electrons. The number of aliphatic hydroxyl groups is 2. The monoisotopic (exact) mass is 658 g/mol. The van der Waals surface area contributed by atoms with Crippen molar-refractivity contribution in [1.82, 2.24) is 0 Å². The third-order valence-electron chi connectivity index (χ3n) is 1.59. The standard InChI is InChI=1S/2C2H7ClO7P2.W/c2*3-1-10-12(8,9)2(4)11(5,6)7;/h2*2,4H,1H2,(H,8,9)(H2,5,6,7);/q;;+6/p-6. The molecule has 0 aromatic carbocycles. The normalized spacial score (nSPS) is 19.3. The van der Waals surface area contributed by atoms with E-state index in [1.807, 2.05) is 0 Å². The molecule has 0 aliphatic rings. The maximum absolute atomic E-state index is 10.5. The molecule has 0 bridgehead atoms. The van der Waals surface area contributed by atoms with Gasteiger partial charge in [-0.05, 0) is 15.2 Å². The Kier molecular flexibility index (Phi) is 15.6. The minimum absolute atomic E-state index is 0. The Morgan fingerprint density at radius 1 is 0.720 bits per heavy atom. The predicted molar refractivity (Wildman–Crippen MR) is 66.0 cm³/mol. The Morgan fingerprint density at radius 3 is 1.04 bits per heavy atom. The number of hydrogen-bond acceptors (Lipinski definition) is 14. The molecule has 0 spiro atoms. The van der Waals surface area contributed by atoms with Crippen LogP contribution in [0, 0.1) is 0 Å². The van der Waals surface area contributed by atoms with Gasteiger partial charge in [-0.25, -0.2) is 0 Å². The van der Waals surface area contributed by atoms with E-state index in [-0.39, 0.29) is 21.1 Å². The fourth-order valence-electron chi connectivity index (χ4n) is 0.616. The van der Waals surface area contributed by atoms with Gasteiger partial charge in [0.2, 0.25) is 0 Å². The molecule has 0 aromatic heterocycles. The molecule has 0 saturated heterocycles. The van der Waals surface area contributed by atoms with Gasteiger partial charge in [0.1, 0.15) is 23.3 Å². The van der Waals surface area contributed by atoms with E-state index < -0.39 is 53.7 Å². The zero-order chi connectivity index (χ0) is 20.0. The van der Waals surface area contributed by atoms with Crippen LogP contribution in [0.5, 0.6) is 0 Å². The summed E-state index contributed by atoms with van der Waals surface area (Å²) < 4.78 is 48.2. The first-order valence-corrected chi connectivity index (χ1v) is 12.4. The van der Waals surface area contributed by atoms with Crippen LogP contribution < -0.4 is 29.4 Å². The van der Waals surface area contributed by atoms with Crippen LogP contribution in [0.4, 0.5) is 0 Å². The molecule has 4 atom stereocenters. The molecule has 0 aliphatic heterocycles. The van der Waals surface area contributed by atoms with Crippen molar-refractivity contribution in [2.24, 2.45) is 0 Å². The van der Waals surface area contributed by atoms with Crippen molar-refractivity contribution < 1.29 is 87.9 Å². The van der Waals surface area contributed by atoms with Gasteiger partial charge in [-0.2, -0.15) is 0 Å². The van der Waals surface area contributed by atoms with Crippen LogP contribution in [0.1, 0.15) is 0 Å². The van der Waals surface area contributed by atoms with Gasteiger partial charge in [0, 0.05) is 0 Å². The van der Waals surface area contributed by atoms with Crippen LogP contribution in [0.3, 0.4) is 0 Å². The summed E-state index contributed by atoms with van der Waals surface area (Å²) in [5, 5.41) is 16.8. The fraction of sp³-hybridized carbons (Fsp3) is 1.00. The summed E-state index contributed by atoms with van der Waals surface area (Å²) in [5.74, 6) is 0. The predicted octanol–water partition coefficient (Wildman–Crippen LogP) is -4.12. The summed E-state index contributed by atoms with van der Waals surface area (Å²) in [6.07, 6.45) is 0. The molecule has 21 heteroatoms. The van der Waals surface area contributed by atoms with Gasteiger partial charge in [-0.1, -0.05) is 23.2 Å². The van der Waals surface area contributed by atoms with E-state index in [9.17, 15) is 47.6 Å². The van der Waals surface area contributed by atoms with E-state index in [2.05, 4.69) is 9.05 Å². The van der Waals surface area contributed by atoms with Crippen molar-refractivity contribution in [2.75, 3.05) is 12.1 Å². The molecule has 0 amide bonds. The third kappa shape index (κ3) is 12.8. The van der Waals surface area contributed by atoms with E-state index in [4.69, 9.17) is 33.4 Å². The van der Waals surface area contributed by atoms with Gasteiger partial charge in [0.15, 0.2) is 15.2 Å². The minimum atomic E-state index is -5.61. The van der Waals surface area contributed by atoms with Crippen molar-refractivity contribution in [3.8, 4) is 0 Å². The third-order valence-corrected chi connectivity index (χ3v) is 8.75. The molecule has 4 unspecified atom stereocenters. The summed E-state index contributed by atoms with van der Waals surface area (Å²) in [4.78, 5) is 60.9. The summed E-state index contributed by atoms with van der Waals surface area (Å²) in [6, 6.07) is -1.73. The maximum atomic E-state index is 10.5. The minimum Gasteiger partial charge on any atom is -0.809 e. The van der Waals surface area contributed by atoms with Crippen LogP contribution in [-0.2, 0) is 48.4 Å². The van der Waals surface area contributed by atoms with Gasteiger partial charge >= 0.3 is 21.1 Å². The molecule has 14 nitrogen and oxygen atoms in total. The quantitative estimate of drug-likeness (QED) is 0.185. The van der Waals surface area contributed by atoms with Crippen molar-refractivity contribution in [3.63, 3.8) is 0 Å². The van der Waals surface area contributed by atoms with Gasteiger partial charge in [0.25, 0.3) is 0 Å². The molecular weight excluding hydrogens is 651 g/mol. The fourth-order valence-corrected chi connectivity index (χ4v) is 5.14. The number of aliphatic hydroxyl groups excluding tert-OH is 2. The number of rotatable bonds is 8. The molecule has 0 saturated carbocycles. The zero-order valence-electron chi connectivity index (χ0n) is 11.3. The summed E-state index contributed by atoms with van der Waals surface area (Å²) >= 11 is 9.56. The molecule has 2 N–H and O–H groups in total. The maximum Gasteiger partial charge on any atom is 6.00 e. The van der Waals surface area contributed by atoms with Gasteiger partial charge < -0.3 is 66.9 Å². The van der Waals surface area contributed by atoms with E-state index in [0.717, 1.165) is 0 Å². The van der Waals surface area contributed by atoms with Crippen molar-refractivity contribution in [2.45, 2.75) is 11.2 Å². The second-order valence-electron chi connectivity index (χ2n) is 3.33. The largest absolute Gasteiger partial charge is 6.00 e. The van der Waals surface area contributed by atoms with E-state index >= 15 is 0 Å². The Hall–Kier alpha value is 1.79. The molecule has 0 heterocycles. The van der Waals surface area contributed by atoms with Gasteiger partial charge in [0.05, 0.1) is 0 Å². The van der Waals surface area contributed by atoms with E-state index in [0.29, 0.717) is 0 Å². The molecule has 0 aliphatic carbocycles. The molecule has 25 heavy (non-hydrogen) atoms. The molecule has 0 rings (SSSR count). The van der Waals surface area contributed by atoms with Crippen LogP contribution in [-0.4, -0.2) is 33.5 Å². The first-order chi connectivity index (χ1) is 10.4. The van der Waals surface area contributed by atoms with Crippen LogP contribution in [0.25, 0.3) is 0 Å². The first kappa shape index (κ1) is 31.5. The second-order valence-corrected chi connectivity index (χ2v) is 11.4. The molecular formula is C4H8Cl2O14P4W. The average Bonchev–Trinajstić information content (AvgIpc) is 2.35. The topological polar surface area (TPSA) is 266 Å².